The Morgan fingerprint density at radius 2 is 2.00 bits per heavy atom. The highest BCUT2D eigenvalue weighted by molar-refractivity contribution is 9.10. The van der Waals surface area contributed by atoms with Gasteiger partial charge in [0, 0.05) is 11.0 Å². The number of rotatable bonds is 8. The molecule has 0 aliphatic heterocycles. The van der Waals surface area contributed by atoms with E-state index in [1.165, 1.54) is 7.11 Å². The molecule has 9 heteroatoms. The number of hydrogen-bond donors (Lipinski definition) is 1. The minimum atomic E-state index is -3.54. The third-order valence-corrected chi connectivity index (χ3v) is 4.56. The van der Waals surface area contributed by atoms with Crippen molar-refractivity contribution >= 4 is 37.6 Å². The highest BCUT2D eigenvalue weighted by Gasteiger charge is 2.23. The second-order valence-corrected chi connectivity index (χ2v) is 8.21. The van der Waals surface area contributed by atoms with Crippen molar-refractivity contribution in [2.24, 2.45) is 0 Å². The van der Waals surface area contributed by atoms with Gasteiger partial charge in [-0.2, -0.15) is 0 Å². The maximum absolute atomic E-state index is 12.0. The molecule has 0 saturated heterocycles. The van der Waals surface area contributed by atoms with Gasteiger partial charge in [0.25, 0.3) is 0 Å². The zero-order valence-electron chi connectivity index (χ0n) is 14.5. The van der Waals surface area contributed by atoms with Crippen LogP contribution in [-0.2, 0) is 14.8 Å². The molecule has 1 aromatic rings. The third kappa shape index (κ3) is 5.95. The van der Waals surface area contributed by atoms with Crippen LogP contribution in [0, 0.1) is 6.92 Å². The minimum absolute atomic E-state index is 0.158. The lowest BCUT2D eigenvalue weighted by Crippen LogP contribution is -2.18. The molecule has 1 N–H and O–H groups in total. The van der Waals surface area contributed by atoms with E-state index < -0.39 is 16.0 Å². The summed E-state index contributed by atoms with van der Waals surface area (Å²) in [6, 6.07) is 1.57. The molecule has 0 radical (unpaired) electrons. The van der Waals surface area contributed by atoms with E-state index in [4.69, 9.17) is 9.47 Å². The van der Waals surface area contributed by atoms with E-state index in [1.54, 1.807) is 13.0 Å². The standard InChI is InChI=1S/C15H23BrN2O5S/c1-10-12(16)9-11(15(19)22-4)14(13(10)17-24(5,20)21)23-8-6-7-18(2)3/h9,17H,6-8H2,1-5H3. The third-order valence-electron chi connectivity index (χ3n) is 3.16. The van der Waals surface area contributed by atoms with E-state index in [0.29, 0.717) is 16.6 Å². The number of halogens is 1. The maximum Gasteiger partial charge on any atom is 0.341 e. The quantitative estimate of drug-likeness (QED) is 0.510. The summed E-state index contributed by atoms with van der Waals surface area (Å²) in [5, 5.41) is 0. The smallest absolute Gasteiger partial charge is 0.341 e. The second kappa shape index (κ2) is 8.68. The van der Waals surface area contributed by atoms with Gasteiger partial charge in [0.15, 0.2) is 5.75 Å². The van der Waals surface area contributed by atoms with E-state index in [1.807, 2.05) is 19.0 Å². The molecule has 0 heterocycles. The number of carbonyl (C=O) groups excluding carboxylic acids is 1. The molecule has 136 valence electrons. The van der Waals surface area contributed by atoms with Crippen molar-refractivity contribution in [2.45, 2.75) is 13.3 Å². The summed E-state index contributed by atoms with van der Waals surface area (Å²) in [7, 11) is 1.61. The van der Waals surface area contributed by atoms with Crippen LogP contribution >= 0.6 is 15.9 Å². The van der Waals surface area contributed by atoms with Crippen LogP contribution < -0.4 is 9.46 Å². The van der Waals surface area contributed by atoms with Crippen LogP contribution in [0.3, 0.4) is 0 Å². The Labute approximate surface area is 151 Å². The van der Waals surface area contributed by atoms with Gasteiger partial charge in [-0.05, 0) is 39.1 Å². The van der Waals surface area contributed by atoms with E-state index in [9.17, 15) is 13.2 Å². The number of esters is 1. The molecular formula is C15H23BrN2O5S. The average molecular weight is 423 g/mol. The summed E-state index contributed by atoms with van der Waals surface area (Å²) in [4.78, 5) is 14.1. The summed E-state index contributed by atoms with van der Waals surface area (Å²) >= 11 is 3.33. The molecule has 0 aliphatic rings. The van der Waals surface area contributed by atoms with Crippen molar-refractivity contribution in [2.75, 3.05) is 45.3 Å². The molecule has 24 heavy (non-hydrogen) atoms. The lowest BCUT2D eigenvalue weighted by atomic mass is 10.1. The Morgan fingerprint density at radius 3 is 2.50 bits per heavy atom. The zero-order valence-corrected chi connectivity index (χ0v) is 16.9. The van der Waals surface area contributed by atoms with Gasteiger partial charge in [0.1, 0.15) is 5.56 Å². The van der Waals surface area contributed by atoms with Crippen LogP contribution in [0.2, 0.25) is 0 Å². The van der Waals surface area contributed by atoms with Crippen LogP contribution in [-0.4, -0.2) is 59.9 Å². The van der Waals surface area contributed by atoms with Gasteiger partial charge < -0.3 is 14.4 Å². The first-order valence-electron chi connectivity index (χ1n) is 7.23. The fourth-order valence-electron chi connectivity index (χ4n) is 2.00. The number of benzene rings is 1. The van der Waals surface area contributed by atoms with Crippen LogP contribution in [0.1, 0.15) is 22.3 Å². The summed E-state index contributed by atoms with van der Waals surface area (Å²) in [6.07, 6.45) is 1.77. The SMILES string of the molecule is COC(=O)c1cc(Br)c(C)c(NS(C)(=O)=O)c1OCCCN(C)C. The molecule has 0 saturated carbocycles. The number of sulfonamides is 1. The fourth-order valence-corrected chi connectivity index (χ4v) is 3.04. The average Bonchev–Trinajstić information content (AvgIpc) is 2.47. The molecule has 0 atom stereocenters. The minimum Gasteiger partial charge on any atom is -0.490 e. The van der Waals surface area contributed by atoms with E-state index in [2.05, 4.69) is 20.7 Å². The number of nitrogens with zero attached hydrogens (tertiary/aromatic N) is 1. The number of anilines is 1. The molecule has 1 rings (SSSR count). The van der Waals surface area contributed by atoms with E-state index >= 15 is 0 Å². The van der Waals surface area contributed by atoms with Gasteiger partial charge in [0.2, 0.25) is 10.0 Å². The van der Waals surface area contributed by atoms with Crippen molar-refractivity contribution in [1.82, 2.24) is 4.90 Å². The van der Waals surface area contributed by atoms with E-state index in [0.717, 1.165) is 19.2 Å². The predicted molar refractivity (Wildman–Crippen MR) is 97.4 cm³/mol. The van der Waals surface area contributed by atoms with Crippen molar-refractivity contribution in [1.29, 1.82) is 0 Å². The topological polar surface area (TPSA) is 84.9 Å². The van der Waals surface area contributed by atoms with Gasteiger partial charge in [0.05, 0.1) is 25.7 Å². The Kier molecular flexibility index (Phi) is 7.50. The maximum atomic E-state index is 12.0. The highest BCUT2D eigenvalue weighted by atomic mass is 79.9. The first-order chi connectivity index (χ1) is 11.1. The van der Waals surface area contributed by atoms with Crippen LogP contribution in [0.5, 0.6) is 5.75 Å². The predicted octanol–water partition coefficient (Wildman–Crippen LogP) is 2.25. The first-order valence-corrected chi connectivity index (χ1v) is 9.92. The summed E-state index contributed by atoms with van der Waals surface area (Å²) < 4.78 is 36.9. The van der Waals surface area contributed by atoms with Gasteiger partial charge >= 0.3 is 5.97 Å². The van der Waals surface area contributed by atoms with E-state index in [-0.39, 0.29) is 17.0 Å². The van der Waals surface area contributed by atoms with Crippen LogP contribution in [0.15, 0.2) is 10.5 Å². The van der Waals surface area contributed by atoms with Crippen LogP contribution in [0.4, 0.5) is 5.69 Å². The summed E-state index contributed by atoms with van der Waals surface area (Å²) in [5.41, 5.74) is 1.01. The van der Waals surface area contributed by atoms with Crippen molar-refractivity contribution < 1.29 is 22.7 Å². The molecule has 0 aliphatic carbocycles. The largest absolute Gasteiger partial charge is 0.490 e. The number of methoxy groups -OCH3 is 1. The second-order valence-electron chi connectivity index (χ2n) is 5.61. The molecule has 1 aromatic carbocycles. The van der Waals surface area contributed by atoms with Gasteiger partial charge in [-0.15, -0.1) is 0 Å². The van der Waals surface area contributed by atoms with Crippen molar-refractivity contribution in [3.8, 4) is 5.75 Å². The number of nitrogens with one attached hydrogen (secondary N) is 1. The molecular weight excluding hydrogens is 400 g/mol. The number of ether oxygens (including phenoxy) is 2. The monoisotopic (exact) mass is 422 g/mol. The number of hydrogen-bond acceptors (Lipinski definition) is 6. The molecule has 0 unspecified atom stereocenters. The van der Waals surface area contributed by atoms with Gasteiger partial charge in [-0.25, -0.2) is 13.2 Å². The molecule has 0 spiro atoms. The molecule has 7 nitrogen and oxygen atoms in total. The number of carbonyl (C=O) groups is 1. The zero-order chi connectivity index (χ0) is 18.5. The molecule has 0 bridgehead atoms. The molecule has 0 amide bonds. The first kappa shape index (κ1) is 20.7. The Balaban J connectivity index is 3.31. The fraction of sp³-hybridized carbons (Fsp3) is 0.533. The Morgan fingerprint density at radius 1 is 1.38 bits per heavy atom. The van der Waals surface area contributed by atoms with Gasteiger partial charge in [-0.1, -0.05) is 15.9 Å². The van der Waals surface area contributed by atoms with Crippen LogP contribution in [0.25, 0.3) is 0 Å². The van der Waals surface area contributed by atoms with Gasteiger partial charge in [-0.3, -0.25) is 4.72 Å². The normalized spacial score (nSPS) is 11.5. The summed E-state index contributed by atoms with van der Waals surface area (Å²) in [5.74, 6) is -0.429. The lowest BCUT2D eigenvalue weighted by molar-refractivity contribution is 0.0596. The molecule has 0 aromatic heterocycles. The summed E-state index contributed by atoms with van der Waals surface area (Å²) in [6.45, 7) is 2.87. The van der Waals surface area contributed by atoms with Crippen molar-refractivity contribution in [3.63, 3.8) is 0 Å². The highest BCUT2D eigenvalue weighted by Crippen LogP contribution is 2.38. The Hall–Kier alpha value is -1.32. The van der Waals surface area contributed by atoms with Crippen molar-refractivity contribution in [3.05, 3.63) is 21.7 Å². The lowest BCUT2D eigenvalue weighted by Gasteiger charge is -2.19. The Bertz CT molecular complexity index is 704. The molecule has 0 fully saturated rings.